The topological polar surface area (TPSA) is 18.5 Å². The number of rotatable bonds is 2. The van der Waals surface area contributed by atoms with Crippen LogP contribution in [0.25, 0.3) is 0 Å². The van der Waals surface area contributed by atoms with Crippen molar-refractivity contribution >= 4 is 14.8 Å². The Morgan fingerprint density at radius 3 is 2.69 bits per heavy atom. The monoisotopic (exact) mass is 192 g/mol. The Kier molecular flexibility index (Phi) is 3.26. The summed E-state index contributed by atoms with van der Waals surface area (Å²) in [4.78, 5) is 0. The summed E-state index contributed by atoms with van der Waals surface area (Å²) in [6.45, 7) is 0.893. The van der Waals surface area contributed by atoms with Crippen molar-refractivity contribution in [1.82, 2.24) is 0 Å². The number of para-hydroxylation sites is 1. The van der Waals surface area contributed by atoms with E-state index in [2.05, 4.69) is 0 Å². The van der Waals surface area contributed by atoms with Gasteiger partial charge in [-0.05, 0) is 23.8 Å². The highest BCUT2D eigenvalue weighted by Gasteiger charge is 2.30. The molecule has 0 radical (unpaired) electrons. The largest absolute Gasteiger partial charge is 0.765 e. The van der Waals surface area contributed by atoms with E-state index < -0.39 is 14.8 Å². The van der Waals surface area contributed by atoms with Gasteiger partial charge in [-0.15, -0.1) is 0 Å². The Labute approximate surface area is 83.5 Å². The zero-order valence-electron chi connectivity index (χ0n) is 7.61. The van der Waals surface area contributed by atoms with Crippen LogP contribution in [0.5, 0.6) is 5.75 Å². The van der Waals surface area contributed by atoms with E-state index in [0.717, 1.165) is 17.6 Å². The molecule has 2 rings (SSSR count). The highest BCUT2D eigenvalue weighted by Crippen LogP contribution is 2.16. The summed E-state index contributed by atoms with van der Waals surface area (Å²) in [5.74, 6) is 0.959. The van der Waals surface area contributed by atoms with E-state index in [1.165, 1.54) is 12.8 Å². The van der Waals surface area contributed by atoms with Crippen LogP contribution in [-0.4, -0.2) is 21.4 Å². The minimum Gasteiger partial charge on any atom is -0.622 e. The first-order valence-corrected chi connectivity index (χ1v) is 6.54. The van der Waals surface area contributed by atoms with Crippen LogP contribution in [0, 0.1) is 0 Å². The molecular weight excluding hydrogens is 179 g/mol. The van der Waals surface area contributed by atoms with Gasteiger partial charge in [-0.3, -0.25) is 0 Å². The standard InChI is InChI=1S/C6H6O.C4H8O.Al/c7-6-4-2-1-3-5-6;1-2-3-4-5;/h1-5,7H;1-4H2;/q;-1;+2/p-1. The van der Waals surface area contributed by atoms with Gasteiger partial charge in [0.25, 0.3) is 0 Å². The summed E-state index contributed by atoms with van der Waals surface area (Å²) in [5.41, 5.74) is 0. The molecule has 0 atom stereocenters. The van der Waals surface area contributed by atoms with E-state index >= 15 is 0 Å². The van der Waals surface area contributed by atoms with Gasteiger partial charge in [-0.2, -0.15) is 0 Å². The molecule has 0 aromatic heterocycles. The Hall–Kier alpha value is -0.488. The molecule has 1 aromatic rings. The summed E-state index contributed by atoms with van der Waals surface area (Å²) in [6, 6.07) is 9.96. The molecule has 0 bridgehead atoms. The number of hydrogen-bond acceptors (Lipinski definition) is 2. The minimum absolute atomic E-state index is 0.893. The molecule has 1 aromatic carbocycles. The molecule has 13 heavy (non-hydrogen) atoms. The van der Waals surface area contributed by atoms with Crippen molar-refractivity contribution in [2.75, 3.05) is 6.61 Å². The molecule has 1 saturated heterocycles. The summed E-state index contributed by atoms with van der Waals surface area (Å²) in [6.07, 6.45) is 2.46. The van der Waals surface area contributed by atoms with Crippen LogP contribution in [0.1, 0.15) is 12.8 Å². The molecule has 2 nitrogen and oxygen atoms in total. The predicted octanol–water partition coefficient (Wildman–Crippen LogP) is 2.36. The van der Waals surface area contributed by atoms with Crippen LogP contribution in [0.15, 0.2) is 30.3 Å². The van der Waals surface area contributed by atoms with Crippen molar-refractivity contribution < 1.29 is 7.58 Å². The van der Waals surface area contributed by atoms with Crippen LogP contribution in [0.2, 0.25) is 5.28 Å². The van der Waals surface area contributed by atoms with Crippen LogP contribution in [0.3, 0.4) is 0 Å². The van der Waals surface area contributed by atoms with Crippen LogP contribution < -0.4 is 3.79 Å². The Bertz CT molecular complexity index is 244. The Morgan fingerprint density at radius 1 is 1.15 bits per heavy atom. The second-order valence-electron chi connectivity index (χ2n) is 3.23. The van der Waals surface area contributed by atoms with Crippen LogP contribution >= 0.6 is 0 Å². The van der Waals surface area contributed by atoms with Gasteiger partial charge in [0, 0.05) is 6.61 Å². The predicted molar refractivity (Wildman–Crippen MR) is 52.8 cm³/mol. The third kappa shape index (κ3) is 2.74. The SMILES string of the molecule is c1ccc([O][Al]2[CH2]CCC[O]2)cc1. The molecular formula is C10H13AlO2. The molecule has 0 saturated carbocycles. The van der Waals surface area contributed by atoms with Crippen molar-refractivity contribution in [2.24, 2.45) is 0 Å². The third-order valence-corrected chi connectivity index (χ3v) is 4.17. The zero-order valence-corrected chi connectivity index (χ0v) is 8.76. The summed E-state index contributed by atoms with van der Waals surface area (Å²) in [7, 11) is 0. The van der Waals surface area contributed by atoms with E-state index in [1.807, 2.05) is 30.3 Å². The number of benzene rings is 1. The quantitative estimate of drug-likeness (QED) is 0.670. The molecule has 1 aliphatic rings. The van der Waals surface area contributed by atoms with Crippen molar-refractivity contribution in [1.29, 1.82) is 0 Å². The fraction of sp³-hybridized carbons (Fsp3) is 0.400. The van der Waals surface area contributed by atoms with Gasteiger partial charge in [-0.1, -0.05) is 24.6 Å². The number of hydrogen-bond donors (Lipinski definition) is 0. The van der Waals surface area contributed by atoms with Gasteiger partial charge in [0.2, 0.25) is 0 Å². The Balaban J connectivity index is 1.90. The fourth-order valence-electron chi connectivity index (χ4n) is 1.45. The highest BCUT2D eigenvalue weighted by molar-refractivity contribution is 6.45. The highest BCUT2D eigenvalue weighted by atomic mass is 27.2. The van der Waals surface area contributed by atoms with Crippen LogP contribution in [-0.2, 0) is 3.79 Å². The molecule has 3 heteroatoms. The maximum atomic E-state index is 5.77. The van der Waals surface area contributed by atoms with E-state index in [4.69, 9.17) is 7.58 Å². The summed E-state index contributed by atoms with van der Waals surface area (Å²) < 4.78 is 11.4. The fourth-order valence-corrected chi connectivity index (χ4v) is 3.32. The lowest BCUT2D eigenvalue weighted by molar-refractivity contribution is 0.236. The van der Waals surface area contributed by atoms with Gasteiger partial charge < -0.3 is 7.58 Å². The first kappa shape index (κ1) is 9.08. The second kappa shape index (κ2) is 4.67. The lowest BCUT2D eigenvalue weighted by Crippen LogP contribution is -2.29. The first-order chi connectivity index (χ1) is 6.45. The lowest BCUT2D eigenvalue weighted by atomic mass is 10.3. The molecule has 0 amide bonds. The molecule has 0 unspecified atom stereocenters. The molecule has 1 heterocycles. The smallest absolute Gasteiger partial charge is 0.622 e. The van der Waals surface area contributed by atoms with E-state index in [0.29, 0.717) is 0 Å². The molecule has 0 N–H and O–H groups in total. The van der Waals surface area contributed by atoms with E-state index in [-0.39, 0.29) is 0 Å². The van der Waals surface area contributed by atoms with Gasteiger partial charge in [0.15, 0.2) is 0 Å². The lowest BCUT2D eigenvalue weighted by Gasteiger charge is -2.18. The van der Waals surface area contributed by atoms with Gasteiger partial charge >= 0.3 is 14.8 Å². The van der Waals surface area contributed by atoms with Crippen LogP contribution in [0.4, 0.5) is 0 Å². The van der Waals surface area contributed by atoms with Crippen molar-refractivity contribution in [3.63, 3.8) is 0 Å². The maximum Gasteiger partial charge on any atom is 0.765 e. The second-order valence-corrected chi connectivity index (χ2v) is 5.23. The van der Waals surface area contributed by atoms with Gasteiger partial charge in [-0.25, -0.2) is 0 Å². The van der Waals surface area contributed by atoms with E-state index in [1.54, 1.807) is 0 Å². The molecule has 1 fully saturated rings. The summed E-state index contributed by atoms with van der Waals surface area (Å²) in [5, 5.41) is 1.15. The zero-order chi connectivity index (χ0) is 8.93. The van der Waals surface area contributed by atoms with Gasteiger partial charge in [0.05, 0.1) is 5.75 Å². The Morgan fingerprint density at radius 2 is 2.00 bits per heavy atom. The summed E-state index contributed by atoms with van der Waals surface area (Å²) >= 11 is -1.35. The molecule has 1 aliphatic heterocycles. The average Bonchev–Trinajstić information content (AvgIpc) is 2.21. The molecule has 0 aliphatic carbocycles. The molecule has 68 valence electrons. The first-order valence-electron chi connectivity index (χ1n) is 4.78. The van der Waals surface area contributed by atoms with Crippen molar-refractivity contribution in [3.05, 3.63) is 30.3 Å². The molecule has 0 spiro atoms. The van der Waals surface area contributed by atoms with E-state index in [9.17, 15) is 0 Å². The van der Waals surface area contributed by atoms with Gasteiger partial charge in [0.1, 0.15) is 0 Å². The normalized spacial score (nSPS) is 17.1. The minimum atomic E-state index is -1.35. The average molecular weight is 192 g/mol. The van der Waals surface area contributed by atoms with Crippen molar-refractivity contribution in [2.45, 2.75) is 18.1 Å². The third-order valence-electron chi connectivity index (χ3n) is 2.15. The maximum absolute atomic E-state index is 5.77. The van der Waals surface area contributed by atoms with Crippen molar-refractivity contribution in [3.8, 4) is 5.75 Å².